The van der Waals surface area contributed by atoms with Crippen LogP contribution in [0.15, 0.2) is 22.7 Å². The van der Waals surface area contributed by atoms with Gasteiger partial charge in [0.15, 0.2) is 0 Å². The molecule has 2 N–H and O–H groups in total. The first kappa shape index (κ1) is 14.1. The van der Waals surface area contributed by atoms with Gasteiger partial charge in [-0.15, -0.1) is 5.10 Å². The first-order chi connectivity index (χ1) is 9.51. The summed E-state index contributed by atoms with van der Waals surface area (Å²) in [5.41, 5.74) is 0.166. The van der Waals surface area contributed by atoms with Crippen molar-refractivity contribution in [2.24, 2.45) is 0 Å². The SMILES string of the molecule is CCc1nc(C(=O)Nc2cc([N+](=O)[O-])ccc2Br)n[nH]1. The van der Waals surface area contributed by atoms with Crippen molar-refractivity contribution in [3.05, 3.63) is 44.4 Å². The molecular formula is C11H10BrN5O3. The summed E-state index contributed by atoms with van der Waals surface area (Å²) in [6, 6.07) is 4.08. The van der Waals surface area contributed by atoms with E-state index in [0.717, 1.165) is 0 Å². The third-order valence-electron chi connectivity index (χ3n) is 2.48. The second kappa shape index (κ2) is 5.78. The number of hydrogen-bond acceptors (Lipinski definition) is 5. The molecule has 2 aromatic rings. The number of nitrogens with zero attached hydrogens (tertiary/aromatic N) is 3. The lowest BCUT2D eigenvalue weighted by molar-refractivity contribution is -0.384. The van der Waals surface area contributed by atoms with E-state index in [1.54, 1.807) is 0 Å². The van der Waals surface area contributed by atoms with Gasteiger partial charge in [-0.2, -0.15) is 0 Å². The Labute approximate surface area is 121 Å². The molecule has 0 unspecified atom stereocenters. The number of carbonyl (C=O) groups is 1. The average molecular weight is 340 g/mol. The summed E-state index contributed by atoms with van der Waals surface area (Å²) >= 11 is 3.21. The van der Waals surface area contributed by atoms with E-state index in [1.165, 1.54) is 18.2 Å². The molecule has 9 heteroatoms. The third kappa shape index (κ3) is 2.99. The molecule has 104 valence electrons. The van der Waals surface area contributed by atoms with Crippen molar-refractivity contribution >= 4 is 33.2 Å². The largest absolute Gasteiger partial charge is 0.318 e. The van der Waals surface area contributed by atoms with E-state index >= 15 is 0 Å². The summed E-state index contributed by atoms with van der Waals surface area (Å²) in [7, 11) is 0. The first-order valence-electron chi connectivity index (χ1n) is 5.67. The number of non-ortho nitro benzene ring substituents is 1. The van der Waals surface area contributed by atoms with Crippen LogP contribution < -0.4 is 5.32 Å². The van der Waals surface area contributed by atoms with Crippen molar-refractivity contribution < 1.29 is 9.72 Å². The Balaban J connectivity index is 2.22. The van der Waals surface area contributed by atoms with Crippen molar-refractivity contribution in [2.75, 3.05) is 5.32 Å². The predicted molar refractivity (Wildman–Crippen MR) is 74.5 cm³/mol. The van der Waals surface area contributed by atoms with Crippen LogP contribution in [-0.4, -0.2) is 26.0 Å². The third-order valence-corrected chi connectivity index (χ3v) is 3.17. The molecule has 0 fully saturated rings. The summed E-state index contributed by atoms with van der Waals surface area (Å²) in [6.45, 7) is 1.87. The van der Waals surface area contributed by atoms with Crippen molar-refractivity contribution in [3.8, 4) is 0 Å². The molecule has 0 saturated carbocycles. The van der Waals surface area contributed by atoms with Gasteiger partial charge < -0.3 is 5.32 Å². The number of carbonyl (C=O) groups excluding carboxylic acids is 1. The van der Waals surface area contributed by atoms with Crippen molar-refractivity contribution in [1.82, 2.24) is 15.2 Å². The highest BCUT2D eigenvalue weighted by Crippen LogP contribution is 2.27. The number of nitrogens with one attached hydrogen (secondary N) is 2. The predicted octanol–water partition coefficient (Wildman–Crippen LogP) is 2.29. The van der Waals surface area contributed by atoms with Crippen LogP contribution in [0.5, 0.6) is 0 Å². The molecule has 1 aromatic carbocycles. The van der Waals surface area contributed by atoms with Gasteiger partial charge in [-0.1, -0.05) is 6.92 Å². The Morgan fingerprint density at radius 3 is 2.90 bits per heavy atom. The van der Waals surface area contributed by atoms with E-state index in [2.05, 4.69) is 36.4 Å². The molecule has 0 aliphatic rings. The number of aryl methyl sites for hydroxylation is 1. The van der Waals surface area contributed by atoms with Crippen LogP contribution in [0, 0.1) is 10.1 Å². The lowest BCUT2D eigenvalue weighted by atomic mass is 10.3. The van der Waals surface area contributed by atoms with Gasteiger partial charge in [0.2, 0.25) is 5.82 Å². The summed E-state index contributed by atoms with van der Waals surface area (Å²) in [6.07, 6.45) is 0.626. The van der Waals surface area contributed by atoms with Gasteiger partial charge in [0.1, 0.15) is 5.82 Å². The maximum Gasteiger partial charge on any atom is 0.295 e. The Morgan fingerprint density at radius 2 is 2.30 bits per heavy atom. The topological polar surface area (TPSA) is 114 Å². The van der Waals surface area contributed by atoms with E-state index in [4.69, 9.17) is 0 Å². The molecule has 0 atom stereocenters. The minimum atomic E-state index is -0.540. The molecule has 0 bridgehead atoms. The Morgan fingerprint density at radius 1 is 1.55 bits per heavy atom. The van der Waals surface area contributed by atoms with Gasteiger partial charge in [0, 0.05) is 23.0 Å². The van der Waals surface area contributed by atoms with Crippen molar-refractivity contribution in [3.63, 3.8) is 0 Å². The van der Waals surface area contributed by atoms with Crippen LogP contribution in [-0.2, 0) is 6.42 Å². The Bertz CT molecular complexity index is 670. The number of benzene rings is 1. The number of hydrogen-bond donors (Lipinski definition) is 2. The Hall–Kier alpha value is -2.29. The molecule has 1 heterocycles. The quantitative estimate of drug-likeness (QED) is 0.655. The highest BCUT2D eigenvalue weighted by atomic mass is 79.9. The minimum Gasteiger partial charge on any atom is -0.318 e. The number of amides is 1. The van der Waals surface area contributed by atoms with Crippen LogP contribution >= 0.6 is 15.9 Å². The molecule has 0 saturated heterocycles. The molecule has 0 aliphatic carbocycles. The maximum absolute atomic E-state index is 11.9. The summed E-state index contributed by atoms with van der Waals surface area (Å²) in [4.78, 5) is 26.1. The highest BCUT2D eigenvalue weighted by molar-refractivity contribution is 9.10. The van der Waals surface area contributed by atoms with Crippen LogP contribution in [0.1, 0.15) is 23.4 Å². The van der Waals surface area contributed by atoms with Gasteiger partial charge in [-0.25, -0.2) is 4.98 Å². The van der Waals surface area contributed by atoms with Gasteiger partial charge in [0.05, 0.1) is 10.6 Å². The number of anilines is 1. The van der Waals surface area contributed by atoms with E-state index < -0.39 is 10.8 Å². The lowest BCUT2D eigenvalue weighted by Crippen LogP contribution is -2.14. The summed E-state index contributed by atoms with van der Waals surface area (Å²) in [5, 5.41) is 19.6. The molecule has 0 radical (unpaired) electrons. The number of aromatic nitrogens is 3. The zero-order valence-electron chi connectivity index (χ0n) is 10.4. The number of aromatic amines is 1. The number of halogens is 1. The van der Waals surface area contributed by atoms with Gasteiger partial charge in [0.25, 0.3) is 11.6 Å². The zero-order valence-corrected chi connectivity index (χ0v) is 12.0. The maximum atomic E-state index is 11.9. The molecule has 20 heavy (non-hydrogen) atoms. The van der Waals surface area contributed by atoms with Gasteiger partial charge >= 0.3 is 0 Å². The van der Waals surface area contributed by atoms with Crippen LogP contribution in [0.2, 0.25) is 0 Å². The normalized spacial score (nSPS) is 10.3. The number of rotatable bonds is 4. The number of nitro benzene ring substituents is 1. The van der Waals surface area contributed by atoms with Crippen molar-refractivity contribution in [1.29, 1.82) is 0 Å². The van der Waals surface area contributed by atoms with E-state index in [0.29, 0.717) is 16.7 Å². The minimum absolute atomic E-state index is 0.0137. The van der Waals surface area contributed by atoms with Gasteiger partial charge in [-0.05, 0) is 22.0 Å². The second-order valence-corrected chi connectivity index (χ2v) is 4.69. The van der Waals surface area contributed by atoms with E-state index in [9.17, 15) is 14.9 Å². The monoisotopic (exact) mass is 339 g/mol. The lowest BCUT2D eigenvalue weighted by Gasteiger charge is -2.04. The summed E-state index contributed by atoms with van der Waals surface area (Å²) < 4.78 is 0.530. The second-order valence-electron chi connectivity index (χ2n) is 3.83. The number of nitro groups is 1. The van der Waals surface area contributed by atoms with Gasteiger partial charge in [-0.3, -0.25) is 20.0 Å². The van der Waals surface area contributed by atoms with Crippen LogP contribution in [0.3, 0.4) is 0 Å². The average Bonchev–Trinajstić information content (AvgIpc) is 2.89. The standard InChI is InChI=1S/C11H10BrN5O3/c1-2-9-14-10(16-15-9)11(18)13-8-5-6(17(19)20)3-4-7(8)12/h3-5H,2H2,1H3,(H,13,18)(H,14,15,16). The van der Waals surface area contributed by atoms with Crippen LogP contribution in [0.4, 0.5) is 11.4 Å². The molecule has 2 rings (SSSR count). The molecule has 1 amide bonds. The summed E-state index contributed by atoms with van der Waals surface area (Å²) in [5.74, 6) is 0.0377. The molecule has 1 aromatic heterocycles. The molecule has 0 spiro atoms. The molecule has 0 aliphatic heterocycles. The fourth-order valence-corrected chi connectivity index (χ4v) is 1.80. The molecule has 8 nitrogen and oxygen atoms in total. The smallest absolute Gasteiger partial charge is 0.295 e. The fraction of sp³-hybridized carbons (Fsp3) is 0.182. The molecular weight excluding hydrogens is 330 g/mol. The first-order valence-corrected chi connectivity index (χ1v) is 6.47. The highest BCUT2D eigenvalue weighted by Gasteiger charge is 2.16. The fourth-order valence-electron chi connectivity index (χ4n) is 1.46. The van der Waals surface area contributed by atoms with E-state index in [1.807, 2.05) is 6.92 Å². The zero-order chi connectivity index (χ0) is 14.7. The van der Waals surface area contributed by atoms with Crippen LogP contribution in [0.25, 0.3) is 0 Å². The number of H-pyrrole nitrogens is 1. The Kier molecular flexibility index (Phi) is 4.08. The van der Waals surface area contributed by atoms with E-state index in [-0.39, 0.29) is 17.2 Å². The van der Waals surface area contributed by atoms with Crippen molar-refractivity contribution in [2.45, 2.75) is 13.3 Å².